The molecule has 0 N–H and O–H groups in total. The molecule has 0 radical (unpaired) electrons. The zero-order valence-electron chi connectivity index (χ0n) is 16.4. The number of ether oxygens (including phenoxy) is 1. The molecule has 0 spiro atoms. The van der Waals surface area contributed by atoms with E-state index in [1.807, 2.05) is 13.8 Å². The van der Waals surface area contributed by atoms with Crippen LogP contribution in [0.4, 0.5) is 11.4 Å². The maximum absolute atomic E-state index is 12.8. The normalized spacial score (nSPS) is 11.2. The van der Waals surface area contributed by atoms with Gasteiger partial charge in [0, 0.05) is 35.4 Å². The van der Waals surface area contributed by atoms with Crippen LogP contribution < -0.4 is 0 Å². The van der Waals surface area contributed by atoms with E-state index in [-0.39, 0.29) is 51.6 Å². The molecular weight excluding hydrogens is 404 g/mol. The molecule has 3 rings (SSSR count). The van der Waals surface area contributed by atoms with Gasteiger partial charge in [-0.3, -0.25) is 20.2 Å². The Morgan fingerprint density at radius 3 is 2.16 bits per heavy atom. The summed E-state index contributed by atoms with van der Waals surface area (Å²) in [7, 11) is 0. The summed E-state index contributed by atoms with van der Waals surface area (Å²) in [5, 5.41) is 41.6. The first-order valence-corrected chi connectivity index (χ1v) is 9.03. The third-order valence-corrected chi connectivity index (χ3v) is 4.60. The number of hydrogen-bond donors (Lipinski definition) is 0. The van der Waals surface area contributed by atoms with Crippen LogP contribution in [0, 0.1) is 48.8 Å². The number of rotatable bonds is 5. The van der Waals surface area contributed by atoms with Crippen LogP contribution in [0.1, 0.15) is 35.3 Å². The number of nitriles is 2. The van der Waals surface area contributed by atoms with Crippen molar-refractivity contribution in [3.8, 4) is 23.3 Å². The number of nitrogens with zero attached hydrogens (tertiary/aromatic N) is 4. The number of hydrogen-bond acceptors (Lipinski definition) is 8. The van der Waals surface area contributed by atoms with E-state index in [9.17, 15) is 35.5 Å². The lowest BCUT2D eigenvalue weighted by atomic mass is 9.96. The topological polar surface area (TPSA) is 160 Å². The molecule has 0 amide bonds. The molecule has 0 saturated heterocycles. The summed E-state index contributed by atoms with van der Waals surface area (Å²) in [6.07, 6.45) is 0. The van der Waals surface area contributed by atoms with Gasteiger partial charge < -0.3 is 4.74 Å². The van der Waals surface area contributed by atoms with E-state index >= 15 is 0 Å². The van der Waals surface area contributed by atoms with Gasteiger partial charge >= 0.3 is 5.97 Å². The van der Waals surface area contributed by atoms with Gasteiger partial charge in [0.1, 0.15) is 17.7 Å². The molecule has 0 bridgehead atoms. The van der Waals surface area contributed by atoms with Crippen molar-refractivity contribution in [2.45, 2.75) is 13.8 Å². The molecule has 0 atom stereocenters. The summed E-state index contributed by atoms with van der Waals surface area (Å²) >= 11 is 0. The first-order chi connectivity index (χ1) is 14.7. The van der Waals surface area contributed by atoms with Crippen molar-refractivity contribution in [1.82, 2.24) is 0 Å². The fourth-order valence-corrected chi connectivity index (χ4v) is 3.32. The van der Waals surface area contributed by atoms with Crippen LogP contribution in [-0.4, -0.2) is 22.4 Å². The van der Waals surface area contributed by atoms with Crippen LogP contribution in [-0.2, 0) is 4.74 Å². The van der Waals surface area contributed by atoms with Crippen molar-refractivity contribution in [1.29, 1.82) is 10.5 Å². The zero-order chi connectivity index (χ0) is 22.9. The average Bonchev–Trinajstić information content (AvgIpc) is 3.06. The Bertz CT molecular complexity index is 1250. The molecule has 31 heavy (non-hydrogen) atoms. The van der Waals surface area contributed by atoms with Gasteiger partial charge in [-0.2, -0.15) is 10.5 Å². The third-order valence-electron chi connectivity index (χ3n) is 4.60. The number of nitro benzene ring substituents is 2. The van der Waals surface area contributed by atoms with Crippen LogP contribution in [0.25, 0.3) is 16.7 Å². The summed E-state index contributed by atoms with van der Waals surface area (Å²) in [4.78, 5) is 34.2. The number of nitro groups is 2. The lowest BCUT2D eigenvalue weighted by Crippen LogP contribution is -2.12. The molecule has 10 heteroatoms. The van der Waals surface area contributed by atoms with Gasteiger partial charge in [0.15, 0.2) is 0 Å². The minimum atomic E-state index is -0.810. The molecule has 0 unspecified atom stereocenters. The minimum absolute atomic E-state index is 0.000287. The van der Waals surface area contributed by atoms with E-state index in [4.69, 9.17) is 4.74 Å². The second kappa shape index (κ2) is 8.05. The molecule has 0 saturated carbocycles. The predicted molar refractivity (Wildman–Crippen MR) is 108 cm³/mol. The quantitative estimate of drug-likeness (QED) is 0.258. The van der Waals surface area contributed by atoms with Crippen molar-refractivity contribution in [3.63, 3.8) is 0 Å². The molecule has 0 aromatic heterocycles. The van der Waals surface area contributed by atoms with E-state index < -0.39 is 21.5 Å². The number of esters is 1. The monoisotopic (exact) mass is 418 g/mol. The van der Waals surface area contributed by atoms with E-state index in [0.29, 0.717) is 5.56 Å². The van der Waals surface area contributed by atoms with E-state index in [2.05, 4.69) is 0 Å². The number of benzene rings is 2. The van der Waals surface area contributed by atoms with Gasteiger partial charge in [0.05, 0.1) is 22.0 Å². The van der Waals surface area contributed by atoms with Crippen LogP contribution in [0.3, 0.4) is 0 Å². The van der Waals surface area contributed by atoms with Crippen molar-refractivity contribution in [2.75, 3.05) is 6.61 Å². The van der Waals surface area contributed by atoms with Gasteiger partial charge in [-0.05, 0) is 28.7 Å². The number of non-ortho nitro benzene ring substituents is 2. The highest BCUT2D eigenvalue weighted by Crippen LogP contribution is 2.49. The highest BCUT2D eigenvalue weighted by Gasteiger charge is 2.34. The number of carbonyl (C=O) groups is 1. The van der Waals surface area contributed by atoms with Gasteiger partial charge in [-0.1, -0.05) is 13.8 Å². The SMILES string of the molecule is CC(C)COC(=O)c1cc([N+](=O)[O-])cc2c1-c1ccc([N+](=O)[O-])cc1C2=C(C#N)C#N. The Hall–Kier alpha value is -4.57. The van der Waals surface area contributed by atoms with Crippen molar-refractivity contribution in [2.24, 2.45) is 5.92 Å². The summed E-state index contributed by atoms with van der Waals surface area (Å²) < 4.78 is 5.26. The molecular formula is C21H14N4O6. The van der Waals surface area contributed by atoms with E-state index in [0.717, 1.165) is 12.1 Å². The van der Waals surface area contributed by atoms with Gasteiger partial charge in [0.2, 0.25) is 0 Å². The Labute approximate surface area is 175 Å². The van der Waals surface area contributed by atoms with Gasteiger partial charge in [-0.15, -0.1) is 0 Å². The largest absolute Gasteiger partial charge is 0.462 e. The van der Waals surface area contributed by atoms with Crippen LogP contribution >= 0.6 is 0 Å². The Balaban J connectivity index is 2.41. The number of fused-ring (bicyclic) bond motifs is 3. The van der Waals surface area contributed by atoms with Crippen molar-refractivity contribution in [3.05, 3.63) is 72.8 Å². The summed E-state index contributed by atoms with van der Waals surface area (Å²) in [6.45, 7) is 3.73. The zero-order valence-corrected chi connectivity index (χ0v) is 16.4. The fourth-order valence-electron chi connectivity index (χ4n) is 3.32. The molecule has 0 fully saturated rings. The molecule has 2 aromatic rings. The molecule has 1 aliphatic carbocycles. The first kappa shape index (κ1) is 21.1. The third kappa shape index (κ3) is 3.70. The highest BCUT2D eigenvalue weighted by atomic mass is 16.6. The Morgan fingerprint density at radius 2 is 1.61 bits per heavy atom. The number of allylic oxidation sites excluding steroid dienone is 1. The van der Waals surface area contributed by atoms with Crippen molar-refractivity contribution < 1.29 is 19.4 Å². The lowest BCUT2D eigenvalue weighted by Gasteiger charge is -2.11. The van der Waals surface area contributed by atoms with Gasteiger partial charge in [0.25, 0.3) is 11.4 Å². The second-order valence-electron chi connectivity index (χ2n) is 7.13. The van der Waals surface area contributed by atoms with E-state index in [1.54, 1.807) is 12.1 Å². The molecule has 2 aromatic carbocycles. The standard InChI is InChI=1S/C21H14N4O6/c1-11(2)10-31-21(26)18-7-14(25(29)30)6-17-19(12(8-22)9-23)16-5-13(24(27)28)3-4-15(16)20(17)18/h3-7,11H,10H2,1-2H3. The molecule has 0 aliphatic heterocycles. The van der Waals surface area contributed by atoms with Crippen molar-refractivity contribution >= 4 is 22.9 Å². The minimum Gasteiger partial charge on any atom is -0.462 e. The summed E-state index contributed by atoms with van der Waals surface area (Å²) in [5.41, 5.74) is -0.414. The molecule has 0 heterocycles. The first-order valence-electron chi connectivity index (χ1n) is 9.03. The molecule has 1 aliphatic rings. The average molecular weight is 418 g/mol. The summed E-state index contributed by atoms with van der Waals surface area (Å²) in [6, 6.07) is 9.43. The highest BCUT2D eigenvalue weighted by molar-refractivity contribution is 6.11. The maximum Gasteiger partial charge on any atom is 0.339 e. The number of carbonyl (C=O) groups excluding carboxylic acids is 1. The second-order valence-corrected chi connectivity index (χ2v) is 7.13. The fraction of sp³-hybridized carbons (Fsp3) is 0.190. The smallest absolute Gasteiger partial charge is 0.339 e. The molecule has 10 nitrogen and oxygen atoms in total. The predicted octanol–water partition coefficient (Wildman–Crippen LogP) is 4.15. The lowest BCUT2D eigenvalue weighted by molar-refractivity contribution is -0.385. The van der Waals surface area contributed by atoms with Crippen LogP contribution in [0.5, 0.6) is 0 Å². The summed E-state index contributed by atoms with van der Waals surface area (Å²) in [5.74, 6) is -0.792. The Morgan fingerprint density at radius 1 is 1.00 bits per heavy atom. The maximum atomic E-state index is 12.8. The Kier molecular flexibility index (Phi) is 5.49. The van der Waals surface area contributed by atoms with Gasteiger partial charge in [-0.25, -0.2) is 4.79 Å². The van der Waals surface area contributed by atoms with Crippen LogP contribution in [0.2, 0.25) is 0 Å². The molecule has 154 valence electrons. The van der Waals surface area contributed by atoms with Crippen LogP contribution in [0.15, 0.2) is 35.9 Å². The van der Waals surface area contributed by atoms with E-state index in [1.165, 1.54) is 18.2 Å².